The summed E-state index contributed by atoms with van der Waals surface area (Å²) >= 11 is 1.57. The van der Waals surface area contributed by atoms with Crippen molar-refractivity contribution in [1.29, 1.82) is 0 Å². The topological polar surface area (TPSA) is 73.8 Å². The van der Waals surface area contributed by atoms with Gasteiger partial charge in [0.15, 0.2) is 0 Å². The van der Waals surface area contributed by atoms with Crippen molar-refractivity contribution in [2.45, 2.75) is 33.7 Å². The number of hydrogen-bond donors (Lipinski definition) is 1. The van der Waals surface area contributed by atoms with Crippen molar-refractivity contribution < 1.29 is 4.79 Å². The molecule has 1 amide bonds. The number of nitrogens with two attached hydrogens (primary N) is 1. The Kier molecular flexibility index (Phi) is 4.99. The molecule has 0 saturated carbocycles. The minimum atomic E-state index is -0.398. The number of hydrogen-bond acceptors (Lipinski definition) is 4. The van der Waals surface area contributed by atoms with E-state index in [0.717, 1.165) is 40.6 Å². The Morgan fingerprint density at radius 2 is 2.20 bits per heavy atom. The fourth-order valence-electron chi connectivity index (χ4n) is 2.80. The summed E-state index contributed by atoms with van der Waals surface area (Å²) in [4.78, 5) is 20.7. The van der Waals surface area contributed by atoms with Crippen LogP contribution >= 0.6 is 11.3 Å². The molecule has 0 saturated heterocycles. The monoisotopic (exact) mass is 354 g/mol. The van der Waals surface area contributed by atoms with Crippen molar-refractivity contribution in [3.63, 3.8) is 0 Å². The van der Waals surface area contributed by atoms with Gasteiger partial charge in [0.05, 0.1) is 17.0 Å². The van der Waals surface area contributed by atoms with Crippen LogP contribution in [0.2, 0.25) is 0 Å². The molecule has 0 aliphatic carbocycles. The van der Waals surface area contributed by atoms with Crippen molar-refractivity contribution in [3.8, 4) is 22.0 Å². The van der Waals surface area contributed by atoms with Crippen LogP contribution in [0.3, 0.4) is 0 Å². The van der Waals surface area contributed by atoms with Crippen LogP contribution in [-0.2, 0) is 6.54 Å². The highest BCUT2D eigenvalue weighted by Crippen LogP contribution is 2.31. The molecule has 3 heterocycles. The van der Waals surface area contributed by atoms with Crippen molar-refractivity contribution in [1.82, 2.24) is 14.5 Å². The fourth-order valence-corrected chi connectivity index (χ4v) is 3.60. The summed E-state index contributed by atoms with van der Waals surface area (Å²) in [7, 11) is 0. The minimum absolute atomic E-state index is 0.398. The highest BCUT2D eigenvalue weighted by molar-refractivity contribution is 7.13. The average molecular weight is 354 g/mol. The molecule has 0 aliphatic heterocycles. The van der Waals surface area contributed by atoms with E-state index in [1.165, 1.54) is 0 Å². The fraction of sp³-hybridized carbons (Fsp3) is 0.316. The zero-order chi connectivity index (χ0) is 18.0. The first-order valence-corrected chi connectivity index (χ1v) is 9.21. The Bertz CT molecular complexity index is 880. The lowest BCUT2D eigenvalue weighted by Gasteiger charge is -2.12. The van der Waals surface area contributed by atoms with Gasteiger partial charge in [-0.05, 0) is 37.5 Å². The zero-order valence-electron chi connectivity index (χ0n) is 14.7. The van der Waals surface area contributed by atoms with Crippen LogP contribution < -0.4 is 5.73 Å². The summed E-state index contributed by atoms with van der Waals surface area (Å²) in [6.45, 7) is 7.16. The molecule has 25 heavy (non-hydrogen) atoms. The summed E-state index contributed by atoms with van der Waals surface area (Å²) in [5, 5.41) is 2.94. The molecule has 0 unspecified atom stereocenters. The number of carbonyl (C=O) groups is 1. The van der Waals surface area contributed by atoms with Gasteiger partial charge in [0.25, 0.3) is 5.91 Å². The number of aromatic nitrogens is 3. The molecule has 0 aromatic carbocycles. The lowest BCUT2D eigenvalue weighted by atomic mass is 10.1. The Balaban J connectivity index is 2.02. The molecule has 3 aromatic heterocycles. The molecule has 2 N–H and O–H groups in total. The summed E-state index contributed by atoms with van der Waals surface area (Å²) < 4.78 is 2.15. The number of primary amides is 1. The van der Waals surface area contributed by atoms with E-state index in [2.05, 4.69) is 23.4 Å². The van der Waals surface area contributed by atoms with Gasteiger partial charge in [-0.25, -0.2) is 4.98 Å². The summed E-state index contributed by atoms with van der Waals surface area (Å²) in [6.07, 6.45) is 4.58. The first kappa shape index (κ1) is 17.4. The van der Waals surface area contributed by atoms with Gasteiger partial charge in [0, 0.05) is 35.6 Å². The summed E-state index contributed by atoms with van der Waals surface area (Å²) in [6, 6.07) is 5.75. The van der Waals surface area contributed by atoms with E-state index in [1.807, 2.05) is 30.5 Å². The second kappa shape index (κ2) is 7.19. The molecule has 0 radical (unpaired) electrons. The SMILES string of the molecule is Cc1c(C(N)=O)cc(-c2csc(-c3cccnc3)n2)n1CCC(C)C. The van der Waals surface area contributed by atoms with E-state index >= 15 is 0 Å². The Morgan fingerprint density at radius 3 is 2.84 bits per heavy atom. The summed E-state index contributed by atoms with van der Waals surface area (Å²) in [5.74, 6) is 0.179. The lowest BCUT2D eigenvalue weighted by molar-refractivity contribution is 0.0999. The van der Waals surface area contributed by atoms with Crippen LogP contribution in [0.5, 0.6) is 0 Å². The smallest absolute Gasteiger partial charge is 0.250 e. The zero-order valence-corrected chi connectivity index (χ0v) is 15.5. The standard InChI is InChI=1S/C19H22N4OS/c1-12(2)6-8-23-13(3)15(18(20)24)9-17(23)16-11-25-19(22-16)14-5-4-7-21-10-14/h4-5,7,9-12H,6,8H2,1-3H3,(H2,20,24). The van der Waals surface area contributed by atoms with Crippen LogP contribution in [0.1, 0.15) is 36.3 Å². The van der Waals surface area contributed by atoms with E-state index in [4.69, 9.17) is 10.7 Å². The van der Waals surface area contributed by atoms with E-state index in [1.54, 1.807) is 23.7 Å². The largest absolute Gasteiger partial charge is 0.366 e. The minimum Gasteiger partial charge on any atom is -0.366 e. The highest BCUT2D eigenvalue weighted by Gasteiger charge is 2.19. The second-order valence-electron chi connectivity index (χ2n) is 6.51. The van der Waals surface area contributed by atoms with E-state index in [9.17, 15) is 4.79 Å². The third-order valence-corrected chi connectivity index (χ3v) is 5.13. The van der Waals surface area contributed by atoms with Gasteiger partial charge in [-0.3, -0.25) is 9.78 Å². The summed E-state index contributed by atoms with van der Waals surface area (Å²) in [5.41, 5.74) is 9.81. The van der Waals surface area contributed by atoms with E-state index in [-0.39, 0.29) is 0 Å². The van der Waals surface area contributed by atoms with E-state index < -0.39 is 5.91 Å². The van der Waals surface area contributed by atoms with Gasteiger partial charge in [-0.1, -0.05) is 13.8 Å². The van der Waals surface area contributed by atoms with Crippen LogP contribution in [0.4, 0.5) is 0 Å². The predicted molar refractivity (Wildman–Crippen MR) is 101 cm³/mol. The van der Waals surface area contributed by atoms with Crippen LogP contribution in [0, 0.1) is 12.8 Å². The molecule has 0 bridgehead atoms. The molecular formula is C19H22N4OS. The van der Waals surface area contributed by atoms with Crippen LogP contribution in [0.25, 0.3) is 22.0 Å². The maximum absolute atomic E-state index is 11.8. The Labute approximate surface area is 151 Å². The quantitative estimate of drug-likeness (QED) is 0.723. The van der Waals surface area contributed by atoms with Crippen LogP contribution in [-0.4, -0.2) is 20.4 Å². The molecule has 0 aliphatic rings. The van der Waals surface area contributed by atoms with Gasteiger partial charge >= 0.3 is 0 Å². The third-order valence-electron chi connectivity index (χ3n) is 4.24. The molecule has 3 rings (SSSR count). The number of amides is 1. The molecule has 0 spiro atoms. The molecule has 0 atom stereocenters. The van der Waals surface area contributed by atoms with Crippen molar-refractivity contribution in [3.05, 3.63) is 47.2 Å². The van der Waals surface area contributed by atoms with Gasteiger partial charge in [0.1, 0.15) is 5.01 Å². The number of rotatable bonds is 6. The molecule has 0 fully saturated rings. The molecule has 5 nitrogen and oxygen atoms in total. The maximum atomic E-state index is 11.8. The van der Waals surface area contributed by atoms with Gasteiger partial charge in [0.2, 0.25) is 0 Å². The van der Waals surface area contributed by atoms with Crippen molar-refractivity contribution >= 4 is 17.2 Å². The maximum Gasteiger partial charge on any atom is 0.250 e. The molecular weight excluding hydrogens is 332 g/mol. The van der Waals surface area contributed by atoms with Crippen molar-refractivity contribution in [2.24, 2.45) is 11.7 Å². The van der Waals surface area contributed by atoms with Crippen molar-refractivity contribution in [2.75, 3.05) is 0 Å². The van der Waals surface area contributed by atoms with Gasteiger partial charge < -0.3 is 10.3 Å². The second-order valence-corrected chi connectivity index (χ2v) is 7.36. The predicted octanol–water partition coefficient (Wildman–Crippen LogP) is 4.13. The first-order valence-electron chi connectivity index (χ1n) is 8.33. The molecule has 130 valence electrons. The molecule has 6 heteroatoms. The number of thiazole rings is 1. The van der Waals surface area contributed by atoms with Gasteiger partial charge in [-0.15, -0.1) is 11.3 Å². The normalized spacial score (nSPS) is 11.2. The number of nitrogens with zero attached hydrogens (tertiary/aromatic N) is 3. The average Bonchev–Trinajstić information content (AvgIpc) is 3.18. The lowest BCUT2D eigenvalue weighted by Crippen LogP contribution is -2.13. The van der Waals surface area contributed by atoms with Crippen LogP contribution in [0.15, 0.2) is 36.0 Å². The molecule has 3 aromatic rings. The van der Waals surface area contributed by atoms with Gasteiger partial charge in [-0.2, -0.15) is 0 Å². The Morgan fingerprint density at radius 1 is 1.40 bits per heavy atom. The Hall–Kier alpha value is -2.47. The third kappa shape index (κ3) is 3.64. The number of pyridine rings is 1. The first-order chi connectivity index (χ1) is 12.0. The number of carbonyl (C=O) groups excluding carboxylic acids is 1. The highest BCUT2D eigenvalue weighted by atomic mass is 32.1. The van der Waals surface area contributed by atoms with E-state index in [0.29, 0.717) is 11.5 Å².